The van der Waals surface area contributed by atoms with E-state index in [1.54, 1.807) is 31.4 Å². The van der Waals surface area contributed by atoms with Crippen LogP contribution in [0.2, 0.25) is 0 Å². The highest BCUT2D eigenvalue weighted by Crippen LogP contribution is 2.38. The van der Waals surface area contributed by atoms with Gasteiger partial charge < -0.3 is 14.8 Å². The molecule has 162 valence electrons. The fourth-order valence-electron chi connectivity index (χ4n) is 3.81. The van der Waals surface area contributed by atoms with Crippen LogP contribution >= 0.6 is 0 Å². The summed E-state index contributed by atoms with van der Waals surface area (Å²) in [5, 5.41) is 3.19. The molecule has 0 fully saturated rings. The number of methoxy groups -OCH3 is 2. The minimum absolute atomic E-state index is 0.219. The second kappa shape index (κ2) is 8.59. The van der Waals surface area contributed by atoms with Crippen LogP contribution in [0.25, 0.3) is 5.57 Å². The van der Waals surface area contributed by atoms with Crippen LogP contribution in [-0.4, -0.2) is 26.0 Å². The fraction of sp³-hybridized carbons (Fsp3) is 0.154. The summed E-state index contributed by atoms with van der Waals surface area (Å²) in [6.45, 7) is 3.84. The Kier molecular flexibility index (Phi) is 5.69. The molecule has 0 unspecified atom stereocenters. The van der Waals surface area contributed by atoms with Crippen molar-refractivity contribution in [3.63, 3.8) is 0 Å². The summed E-state index contributed by atoms with van der Waals surface area (Å²) in [4.78, 5) is 28.4. The first-order valence-corrected chi connectivity index (χ1v) is 10.2. The van der Waals surface area contributed by atoms with Crippen molar-refractivity contribution >= 4 is 28.8 Å². The smallest absolute Gasteiger partial charge is 0.282 e. The van der Waals surface area contributed by atoms with E-state index in [9.17, 15) is 9.59 Å². The van der Waals surface area contributed by atoms with E-state index in [1.807, 2.05) is 56.3 Å². The van der Waals surface area contributed by atoms with Gasteiger partial charge in [0.2, 0.25) is 0 Å². The molecule has 0 spiro atoms. The van der Waals surface area contributed by atoms with Gasteiger partial charge in [0.1, 0.15) is 5.70 Å². The van der Waals surface area contributed by atoms with Crippen LogP contribution in [0.4, 0.5) is 11.4 Å². The number of benzene rings is 3. The molecule has 1 aliphatic heterocycles. The lowest BCUT2D eigenvalue weighted by molar-refractivity contribution is -0.120. The first-order chi connectivity index (χ1) is 15.4. The molecule has 2 amide bonds. The van der Waals surface area contributed by atoms with Gasteiger partial charge in [0.15, 0.2) is 11.5 Å². The van der Waals surface area contributed by atoms with Gasteiger partial charge in [-0.05, 0) is 60.9 Å². The van der Waals surface area contributed by atoms with Crippen molar-refractivity contribution in [3.05, 3.63) is 89.1 Å². The summed E-state index contributed by atoms with van der Waals surface area (Å²) in [5.41, 5.74) is 4.21. The lowest BCUT2D eigenvalue weighted by atomic mass is 10.0. The van der Waals surface area contributed by atoms with Crippen molar-refractivity contribution in [3.8, 4) is 11.5 Å². The van der Waals surface area contributed by atoms with E-state index >= 15 is 0 Å². The standard InChI is InChI=1S/C26H24N2O4/c1-16-8-7-10-19(14-16)27-24-23(18-12-13-21(31-3)22(15-18)32-4)25(29)28(26(24)30)20-11-6-5-9-17(20)2/h5-15,27H,1-4H3. The topological polar surface area (TPSA) is 67.9 Å². The Morgan fingerprint density at radius 1 is 0.781 bits per heavy atom. The minimum Gasteiger partial charge on any atom is -0.493 e. The van der Waals surface area contributed by atoms with Crippen LogP contribution in [-0.2, 0) is 9.59 Å². The number of nitrogens with zero attached hydrogens (tertiary/aromatic N) is 1. The molecule has 1 aliphatic rings. The second-order valence-corrected chi connectivity index (χ2v) is 7.55. The molecule has 0 aromatic heterocycles. The summed E-state index contributed by atoms with van der Waals surface area (Å²) < 4.78 is 10.7. The van der Waals surface area contributed by atoms with Gasteiger partial charge >= 0.3 is 0 Å². The van der Waals surface area contributed by atoms with E-state index < -0.39 is 11.8 Å². The zero-order valence-corrected chi connectivity index (χ0v) is 18.4. The highest BCUT2D eigenvalue weighted by atomic mass is 16.5. The maximum Gasteiger partial charge on any atom is 0.282 e. The normalized spacial score (nSPS) is 13.6. The number of ether oxygens (including phenoxy) is 2. The summed E-state index contributed by atoms with van der Waals surface area (Å²) in [6, 6.07) is 20.2. The molecule has 3 aromatic carbocycles. The number of amides is 2. The Morgan fingerprint density at radius 2 is 1.53 bits per heavy atom. The molecule has 6 heteroatoms. The first-order valence-electron chi connectivity index (χ1n) is 10.2. The van der Waals surface area contributed by atoms with E-state index in [-0.39, 0.29) is 11.3 Å². The number of hydrogen-bond acceptors (Lipinski definition) is 5. The fourth-order valence-corrected chi connectivity index (χ4v) is 3.81. The van der Waals surface area contributed by atoms with Crippen molar-refractivity contribution in [2.75, 3.05) is 24.4 Å². The Bertz CT molecular complexity index is 1250. The molecule has 1 heterocycles. The van der Waals surface area contributed by atoms with Gasteiger partial charge in [0.05, 0.1) is 25.5 Å². The average molecular weight is 428 g/mol. The average Bonchev–Trinajstić information content (AvgIpc) is 3.03. The van der Waals surface area contributed by atoms with E-state index in [4.69, 9.17) is 9.47 Å². The number of hydrogen-bond donors (Lipinski definition) is 1. The van der Waals surface area contributed by atoms with Gasteiger partial charge in [-0.15, -0.1) is 0 Å². The van der Waals surface area contributed by atoms with Crippen LogP contribution in [0.5, 0.6) is 11.5 Å². The molecule has 0 aliphatic carbocycles. The predicted octanol–water partition coefficient (Wildman–Crippen LogP) is 4.72. The van der Waals surface area contributed by atoms with Crippen molar-refractivity contribution < 1.29 is 19.1 Å². The summed E-state index contributed by atoms with van der Waals surface area (Å²) in [7, 11) is 3.08. The van der Waals surface area contributed by atoms with Gasteiger partial charge in [-0.3, -0.25) is 9.59 Å². The van der Waals surface area contributed by atoms with E-state index in [0.29, 0.717) is 22.7 Å². The molecule has 32 heavy (non-hydrogen) atoms. The molecular weight excluding hydrogens is 404 g/mol. The largest absolute Gasteiger partial charge is 0.493 e. The predicted molar refractivity (Wildman–Crippen MR) is 125 cm³/mol. The van der Waals surface area contributed by atoms with Crippen LogP contribution in [0.3, 0.4) is 0 Å². The molecule has 0 bridgehead atoms. The Balaban J connectivity index is 1.87. The Hall–Kier alpha value is -4.06. The van der Waals surface area contributed by atoms with E-state index in [0.717, 1.165) is 16.8 Å². The molecule has 3 aromatic rings. The molecule has 0 radical (unpaired) electrons. The number of anilines is 2. The zero-order chi connectivity index (χ0) is 22.8. The molecule has 4 rings (SSSR count). The van der Waals surface area contributed by atoms with Gasteiger partial charge in [0, 0.05) is 5.69 Å². The Morgan fingerprint density at radius 3 is 2.22 bits per heavy atom. The highest BCUT2D eigenvalue weighted by Gasteiger charge is 2.41. The number of para-hydroxylation sites is 1. The summed E-state index contributed by atoms with van der Waals surface area (Å²) >= 11 is 0. The third kappa shape index (κ3) is 3.71. The number of carbonyl (C=O) groups excluding carboxylic acids is 2. The quantitative estimate of drug-likeness (QED) is 0.576. The maximum atomic E-state index is 13.6. The molecule has 0 atom stereocenters. The van der Waals surface area contributed by atoms with Gasteiger partial charge in [-0.1, -0.05) is 36.4 Å². The number of rotatable bonds is 6. The number of nitrogens with one attached hydrogen (secondary N) is 1. The monoisotopic (exact) mass is 428 g/mol. The Labute approximate surface area is 187 Å². The third-order valence-electron chi connectivity index (χ3n) is 5.40. The van der Waals surface area contributed by atoms with Crippen LogP contribution in [0, 0.1) is 13.8 Å². The van der Waals surface area contributed by atoms with E-state index in [2.05, 4.69) is 5.32 Å². The van der Waals surface area contributed by atoms with Crippen molar-refractivity contribution in [2.45, 2.75) is 13.8 Å². The first kappa shape index (κ1) is 21.2. The second-order valence-electron chi connectivity index (χ2n) is 7.55. The molecule has 0 saturated carbocycles. The number of carbonyl (C=O) groups is 2. The highest BCUT2D eigenvalue weighted by molar-refractivity contribution is 6.46. The van der Waals surface area contributed by atoms with Gasteiger partial charge in [0.25, 0.3) is 11.8 Å². The lowest BCUT2D eigenvalue weighted by Crippen LogP contribution is -2.33. The van der Waals surface area contributed by atoms with Crippen molar-refractivity contribution in [2.24, 2.45) is 0 Å². The van der Waals surface area contributed by atoms with E-state index in [1.165, 1.54) is 12.0 Å². The summed E-state index contributed by atoms with van der Waals surface area (Å²) in [6.07, 6.45) is 0. The maximum absolute atomic E-state index is 13.6. The molecular formula is C26H24N2O4. The lowest BCUT2D eigenvalue weighted by Gasteiger charge is -2.17. The van der Waals surface area contributed by atoms with Gasteiger partial charge in [-0.25, -0.2) is 4.90 Å². The molecule has 0 saturated heterocycles. The third-order valence-corrected chi connectivity index (χ3v) is 5.40. The van der Waals surface area contributed by atoms with Crippen LogP contribution in [0.1, 0.15) is 16.7 Å². The molecule has 1 N–H and O–H groups in total. The van der Waals surface area contributed by atoms with Crippen LogP contribution in [0.15, 0.2) is 72.4 Å². The zero-order valence-electron chi connectivity index (χ0n) is 18.4. The number of aryl methyl sites for hydroxylation is 2. The van der Waals surface area contributed by atoms with Crippen molar-refractivity contribution in [1.82, 2.24) is 0 Å². The molecule has 6 nitrogen and oxygen atoms in total. The van der Waals surface area contributed by atoms with Crippen LogP contribution < -0.4 is 19.7 Å². The SMILES string of the molecule is COc1ccc(C2=C(Nc3cccc(C)c3)C(=O)N(c3ccccc3C)C2=O)cc1OC. The number of imide groups is 1. The summed E-state index contributed by atoms with van der Waals surface area (Å²) in [5.74, 6) is 0.210. The van der Waals surface area contributed by atoms with Gasteiger partial charge in [-0.2, -0.15) is 0 Å². The minimum atomic E-state index is -0.407. The van der Waals surface area contributed by atoms with Crippen molar-refractivity contribution in [1.29, 1.82) is 0 Å².